The molecule has 0 spiro atoms. The van der Waals surface area contributed by atoms with Gasteiger partial charge in [0.05, 0.1) is 47.8 Å². The number of nitrogens with zero attached hydrogens (tertiary/aromatic N) is 3. The number of ether oxygens (including phenoxy) is 2. The highest BCUT2D eigenvalue weighted by Crippen LogP contribution is 2.35. The first kappa shape index (κ1) is 30.8. The lowest BCUT2D eigenvalue weighted by atomic mass is 9.99. The van der Waals surface area contributed by atoms with Gasteiger partial charge in [-0.3, -0.25) is 9.59 Å². The van der Waals surface area contributed by atoms with Crippen LogP contribution in [0.4, 0.5) is 16.2 Å². The SMILES string of the molecule is COc1ccc(NC(=O)N(C)C[C@@H]2Oc3c(NC(=O)c4nc5ccccc5s4)cccc3C(=O)N([C@@H](C)CO)C[C@@H]2C)cc1. The van der Waals surface area contributed by atoms with E-state index in [-0.39, 0.29) is 47.3 Å². The summed E-state index contributed by atoms with van der Waals surface area (Å²) in [5.74, 6) is -0.130. The molecule has 1 aliphatic rings. The lowest BCUT2D eigenvalue weighted by molar-refractivity contribution is 0.0372. The summed E-state index contributed by atoms with van der Waals surface area (Å²) in [6.45, 7) is 3.95. The topological polar surface area (TPSA) is 133 Å². The van der Waals surface area contributed by atoms with E-state index in [4.69, 9.17) is 9.47 Å². The number of amides is 4. The maximum Gasteiger partial charge on any atom is 0.321 e. The Morgan fingerprint density at radius 3 is 2.59 bits per heavy atom. The van der Waals surface area contributed by atoms with Crippen LogP contribution in [0.25, 0.3) is 10.2 Å². The molecule has 0 saturated carbocycles. The number of carbonyl (C=O) groups is 3. The van der Waals surface area contributed by atoms with Crippen molar-refractivity contribution in [3.05, 3.63) is 77.3 Å². The number of carbonyl (C=O) groups excluding carboxylic acids is 3. The summed E-state index contributed by atoms with van der Waals surface area (Å²) in [6, 6.07) is 18.6. The number of hydrogen-bond acceptors (Lipinski definition) is 8. The number of aromatic nitrogens is 1. The molecule has 1 aromatic heterocycles. The highest BCUT2D eigenvalue weighted by atomic mass is 32.1. The molecule has 0 saturated heterocycles. The average molecular weight is 618 g/mol. The van der Waals surface area contributed by atoms with Gasteiger partial charge in [0.25, 0.3) is 11.8 Å². The molecule has 3 aromatic carbocycles. The minimum atomic E-state index is -0.567. The molecule has 4 aromatic rings. The number of para-hydroxylation sites is 2. The van der Waals surface area contributed by atoms with Gasteiger partial charge in [-0.1, -0.05) is 25.1 Å². The number of hydrogen-bond donors (Lipinski definition) is 3. The van der Waals surface area contributed by atoms with Gasteiger partial charge in [-0.05, 0) is 55.5 Å². The molecule has 0 unspecified atom stereocenters. The van der Waals surface area contributed by atoms with E-state index < -0.39 is 18.1 Å². The summed E-state index contributed by atoms with van der Waals surface area (Å²) in [5.41, 5.74) is 1.87. The Kier molecular flexibility index (Phi) is 9.31. The number of fused-ring (bicyclic) bond motifs is 2. The second-order valence-corrected chi connectivity index (χ2v) is 11.8. The van der Waals surface area contributed by atoms with Crippen molar-refractivity contribution in [1.82, 2.24) is 14.8 Å². The first-order valence-electron chi connectivity index (χ1n) is 14.2. The Bertz CT molecular complexity index is 1630. The minimum absolute atomic E-state index is 0.179. The summed E-state index contributed by atoms with van der Waals surface area (Å²) in [7, 11) is 3.23. The number of benzene rings is 3. The smallest absolute Gasteiger partial charge is 0.321 e. The van der Waals surface area contributed by atoms with E-state index in [1.165, 1.54) is 16.2 Å². The lowest BCUT2D eigenvalue weighted by Gasteiger charge is -2.38. The largest absolute Gasteiger partial charge is 0.497 e. The Morgan fingerprint density at radius 1 is 1.14 bits per heavy atom. The van der Waals surface area contributed by atoms with E-state index in [0.717, 1.165) is 10.2 Å². The van der Waals surface area contributed by atoms with Crippen LogP contribution < -0.4 is 20.1 Å². The van der Waals surface area contributed by atoms with E-state index in [0.29, 0.717) is 23.7 Å². The third-order valence-electron chi connectivity index (χ3n) is 7.57. The second-order valence-electron chi connectivity index (χ2n) is 10.8. The number of likely N-dealkylation sites (N-methyl/N-ethyl adjacent to an activating group) is 1. The van der Waals surface area contributed by atoms with Crippen LogP contribution in [0.5, 0.6) is 11.5 Å². The van der Waals surface area contributed by atoms with Crippen LogP contribution in [0, 0.1) is 5.92 Å². The van der Waals surface area contributed by atoms with Crippen LogP contribution in [0.3, 0.4) is 0 Å². The van der Waals surface area contributed by atoms with Crippen molar-refractivity contribution in [2.24, 2.45) is 5.92 Å². The maximum absolute atomic E-state index is 13.8. The van der Waals surface area contributed by atoms with Crippen LogP contribution in [-0.4, -0.2) is 83.7 Å². The van der Waals surface area contributed by atoms with Crippen molar-refractivity contribution in [3.8, 4) is 11.5 Å². The molecule has 0 radical (unpaired) electrons. The van der Waals surface area contributed by atoms with Gasteiger partial charge in [0.15, 0.2) is 10.8 Å². The van der Waals surface area contributed by atoms with Gasteiger partial charge < -0.3 is 35.0 Å². The standard InChI is InChI=1S/C32H35N5O6S/c1-19-16-37(20(2)18-38)31(40)23-8-7-10-25(34-29(39)30-35-24-9-5-6-11-27(24)44-30)28(23)43-26(19)17-36(3)32(41)33-21-12-14-22(42-4)15-13-21/h5-15,19-20,26,38H,16-18H2,1-4H3,(H,33,41)(H,34,39)/t19-,20-,26-/m0/s1. The average Bonchev–Trinajstić information content (AvgIpc) is 3.47. The van der Waals surface area contributed by atoms with Gasteiger partial charge in [-0.25, -0.2) is 9.78 Å². The normalized spacial score (nSPS) is 17.1. The molecule has 44 heavy (non-hydrogen) atoms. The van der Waals surface area contributed by atoms with Gasteiger partial charge in [-0.2, -0.15) is 0 Å². The molecule has 3 atom stereocenters. The number of rotatable bonds is 8. The van der Waals surface area contributed by atoms with Gasteiger partial charge in [0.2, 0.25) is 0 Å². The number of aliphatic hydroxyl groups excluding tert-OH is 1. The minimum Gasteiger partial charge on any atom is -0.497 e. The fourth-order valence-corrected chi connectivity index (χ4v) is 5.81. The molecule has 1 aliphatic heterocycles. The van der Waals surface area contributed by atoms with Crippen LogP contribution >= 0.6 is 11.3 Å². The molecule has 4 amide bonds. The van der Waals surface area contributed by atoms with Crippen molar-refractivity contribution >= 4 is 50.8 Å². The summed E-state index contributed by atoms with van der Waals surface area (Å²) in [6.07, 6.45) is -0.567. The molecule has 0 bridgehead atoms. The molecule has 3 N–H and O–H groups in total. The monoisotopic (exact) mass is 617 g/mol. The zero-order valence-corrected chi connectivity index (χ0v) is 25.8. The predicted molar refractivity (Wildman–Crippen MR) is 170 cm³/mol. The first-order valence-corrected chi connectivity index (χ1v) is 15.0. The molecule has 12 heteroatoms. The molecule has 2 heterocycles. The van der Waals surface area contributed by atoms with Crippen molar-refractivity contribution in [1.29, 1.82) is 0 Å². The number of methoxy groups -OCH3 is 1. The third kappa shape index (κ3) is 6.61. The fourth-order valence-electron chi connectivity index (χ4n) is 4.95. The molecular formula is C32H35N5O6S. The number of anilines is 2. The number of aliphatic hydroxyl groups is 1. The van der Waals surface area contributed by atoms with Gasteiger partial charge in [0.1, 0.15) is 11.9 Å². The third-order valence-corrected chi connectivity index (χ3v) is 8.60. The summed E-state index contributed by atoms with van der Waals surface area (Å²) >= 11 is 1.27. The summed E-state index contributed by atoms with van der Waals surface area (Å²) < 4.78 is 12.6. The van der Waals surface area contributed by atoms with Crippen LogP contribution in [0.15, 0.2) is 66.7 Å². The Morgan fingerprint density at radius 2 is 1.89 bits per heavy atom. The van der Waals surface area contributed by atoms with Crippen molar-refractivity contribution in [2.45, 2.75) is 26.0 Å². The molecule has 230 valence electrons. The lowest BCUT2D eigenvalue weighted by Crippen LogP contribution is -2.50. The molecule has 0 aliphatic carbocycles. The van der Waals surface area contributed by atoms with Crippen LogP contribution in [-0.2, 0) is 0 Å². The van der Waals surface area contributed by atoms with E-state index in [1.807, 2.05) is 31.2 Å². The Balaban J connectivity index is 1.43. The van der Waals surface area contributed by atoms with Crippen LogP contribution in [0.2, 0.25) is 0 Å². The zero-order valence-electron chi connectivity index (χ0n) is 24.9. The maximum atomic E-state index is 13.8. The molecule has 5 rings (SSSR count). The van der Waals surface area contributed by atoms with Gasteiger partial charge in [0, 0.05) is 25.2 Å². The van der Waals surface area contributed by atoms with E-state index in [1.54, 1.807) is 68.4 Å². The first-order chi connectivity index (χ1) is 21.2. The van der Waals surface area contributed by atoms with Gasteiger partial charge in [-0.15, -0.1) is 11.3 Å². The van der Waals surface area contributed by atoms with Crippen LogP contribution in [0.1, 0.15) is 34.0 Å². The number of thiazole rings is 1. The van der Waals surface area contributed by atoms with E-state index in [2.05, 4.69) is 15.6 Å². The highest BCUT2D eigenvalue weighted by molar-refractivity contribution is 7.20. The second kappa shape index (κ2) is 13.3. The van der Waals surface area contributed by atoms with Crippen molar-refractivity contribution in [3.63, 3.8) is 0 Å². The van der Waals surface area contributed by atoms with E-state index >= 15 is 0 Å². The number of nitrogens with one attached hydrogen (secondary N) is 2. The quantitative estimate of drug-likeness (QED) is 0.255. The predicted octanol–water partition coefficient (Wildman–Crippen LogP) is 4.94. The Labute approximate surface area is 259 Å². The van der Waals surface area contributed by atoms with Gasteiger partial charge >= 0.3 is 6.03 Å². The zero-order chi connectivity index (χ0) is 31.4. The fraction of sp³-hybridized carbons (Fsp3) is 0.312. The van der Waals surface area contributed by atoms with E-state index in [9.17, 15) is 19.5 Å². The molecular weight excluding hydrogens is 582 g/mol. The number of urea groups is 1. The highest BCUT2D eigenvalue weighted by Gasteiger charge is 2.35. The summed E-state index contributed by atoms with van der Waals surface area (Å²) in [4.78, 5) is 47.8. The Hall–Kier alpha value is -4.68. The molecule has 11 nitrogen and oxygen atoms in total. The molecule has 0 fully saturated rings. The van der Waals surface area contributed by atoms with Crippen molar-refractivity contribution in [2.75, 3.05) is 44.5 Å². The summed E-state index contributed by atoms with van der Waals surface area (Å²) in [5, 5.41) is 16.0. The van der Waals surface area contributed by atoms with Crippen molar-refractivity contribution < 1.29 is 29.0 Å².